The molecule has 1 heterocycles. The first-order valence-corrected chi connectivity index (χ1v) is 6.34. The molecule has 1 aromatic heterocycles. The second-order valence-electron chi connectivity index (χ2n) is 4.70. The highest BCUT2D eigenvalue weighted by Crippen LogP contribution is 2.24. The third-order valence-electron chi connectivity index (χ3n) is 3.33. The van der Waals surface area contributed by atoms with Crippen LogP contribution < -0.4 is 0 Å². The second kappa shape index (κ2) is 4.82. The number of aromatic nitrogens is 1. The van der Waals surface area contributed by atoms with Gasteiger partial charge in [0.15, 0.2) is 0 Å². The quantitative estimate of drug-likeness (QED) is 0.751. The van der Waals surface area contributed by atoms with Crippen molar-refractivity contribution in [1.29, 1.82) is 0 Å². The lowest BCUT2D eigenvalue weighted by Gasteiger charge is -2.07. The summed E-state index contributed by atoms with van der Waals surface area (Å²) in [6, 6.07) is 18.1. The number of aliphatic hydroxyl groups excluding tert-OH is 1. The Hall–Kier alpha value is -2.19. The highest BCUT2D eigenvalue weighted by atomic mass is 16.3. The van der Waals surface area contributed by atoms with Crippen LogP contribution in [0.15, 0.2) is 54.6 Å². The lowest BCUT2D eigenvalue weighted by Crippen LogP contribution is -1.90. The molecule has 0 radical (unpaired) electrons. The third-order valence-corrected chi connectivity index (χ3v) is 3.33. The molecule has 3 rings (SSSR count). The molecule has 2 heteroatoms. The molecule has 0 saturated carbocycles. The summed E-state index contributed by atoms with van der Waals surface area (Å²) >= 11 is 0. The molecular formula is C17H15NO. The Morgan fingerprint density at radius 1 is 1.00 bits per heavy atom. The molecule has 0 spiro atoms. The molecule has 19 heavy (non-hydrogen) atoms. The first-order valence-electron chi connectivity index (χ1n) is 6.34. The van der Waals surface area contributed by atoms with Crippen LogP contribution in [0, 0.1) is 6.92 Å². The van der Waals surface area contributed by atoms with Crippen molar-refractivity contribution in [3.63, 3.8) is 0 Å². The summed E-state index contributed by atoms with van der Waals surface area (Å²) < 4.78 is 0. The molecular weight excluding hydrogens is 234 g/mol. The molecule has 3 aromatic rings. The van der Waals surface area contributed by atoms with Crippen molar-refractivity contribution in [3.05, 3.63) is 65.7 Å². The van der Waals surface area contributed by atoms with Crippen molar-refractivity contribution in [3.8, 4) is 11.3 Å². The maximum absolute atomic E-state index is 9.21. The lowest BCUT2D eigenvalue weighted by atomic mass is 10.0. The fourth-order valence-electron chi connectivity index (χ4n) is 2.33. The standard InChI is InChI=1S/C17H15NO/c1-12-9-17(14-6-4-5-13(10-14)11-19)18-16-8-3-2-7-15(12)16/h2-10,19H,11H2,1H3. The van der Waals surface area contributed by atoms with Crippen LogP contribution in [-0.2, 0) is 6.61 Å². The van der Waals surface area contributed by atoms with Gasteiger partial charge in [-0.15, -0.1) is 0 Å². The minimum absolute atomic E-state index is 0.0560. The summed E-state index contributed by atoms with van der Waals surface area (Å²) in [5.41, 5.74) is 5.12. The molecule has 2 aromatic carbocycles. The number of aliphatic hydroxyl groups is 1. The summed E-state index contributed by atoms with van der Waals surface area (Å²) in [5, 5.41) is 10.4. The molecule has 0 amide bonds. The van der Waals surface area contributed by atoms with Crippen LogP contribution >= 0.6 is 0 Å². The molecule has 0 unspecified atom stereocenters. The third kappa shape index (κ3) is 2.23. The predicted molar refractivity (Wildman–Crippen MR) is 77.8 cm³/mol. The van der Waals surface area contributed by atoms with E-state index in [0.717, 1.165) is 22.3 Å². The van der Waals surface area contributed by atoms with Crippen LogP contribution in [-0.4, -0.2) is 10.1 Å². The van der Waals surface area contributed by atoms with E-state index in [1.165, 1.54) is 10.9 Å². The van der Waals surface area contributed by atoms with Crippen molar-refractivity contribution in [1.82, 2.24) is 4.98 Å². The average Bonchev–Trinajstić information content (AvgIpc) is 2.47. The zero-order valence-corrected chi connectivity index (χ0v) is 10.8. The van der Waals surface area contributed by atoms with Gasteiger partial charge >= 0.3 is 0 Å². The van der Waals surface area contributed by atoms with Gasteiger partial charge in [-0.3, -0.25) is 0 Å². The summed E-state index contributed by atoms with van der Waals surface area (Å²) in [4.78, 5) is 4.70. The second-order valence-corrected chi connectivity index (χ2v) is 4.70. The van der Waals surface area contributed by atoms with Gasteiger partial charge in [0.2, 0.25) is 0 Å². The van der Waals surface area contributed by atoms with E-state index in [0.29, 0.717) is 0 Å². The fraction of sp³-hybridized carbons (Fsp3) is 0.118. The van der Waals surface area contributed by atoms with Gasteiger partial charge < -0.3 is 5.11 Å². The first kappa shape index (κ1) is 11.9. The minimum atomic E-state index is 0.0560. The number of fused-ring (bicyclic) bond motifs is 1. The number of nitrogens with zero attached hydrogens (tertiary/aromatic N) is 1. The number of pyridine rings is 1. The Morgan fingerprint density at radius 3 is 2.68 bits per heavy atom. The van der Waals surface area contributed by atoms with Crippen molar-refractivity contribution in [2.45, 2.75) is 13.5 Å². The molecule has 0 aliphatic rings. The smallest absolute Gasteiger partial charge is 0.0712 e. The number of hydrogen-bond donors (Lipinski definition) is 1. The Bertz CT molecular complexity index is 734. The van der Waals surface area contributed by atoms with Gasteiger partial charge in [-0.1, -0.05) is 36.4 Å². The van der Waals surface area contributed by atoms with E-state index in [9.17, 15) is 5.11 Å². The van der Waals surface area contributed by atoms with E-state index in [1.807, 2.05) is 42.5 Å². The van der Waals surface area contributed by atoms with E-state index in [2.05, 4.69) is 19.1 Å². The molecule has 94 valence electrons. The SMILES string of the molecule is Cc1cc(-c2cccc(CO)c2)nc2ccccc12. The molecule has 0 fully saturated rings. The van der Waals surface area contributed by atoms with Crippen molar-refractivity contribution < 1.29 is 5.11 Å². The summed E-state index contributed by atoms with van der Waals surface area (Å²) in [7, 11) is 0. The maximum atomic E-state index is 9.21. The van der Waals surface area contributed by atoms with E-state index in [4.69, 9.17) is 4.98 Å². The van der Waals surface area contributed by atoms with Gasteiger partial charge in [-0.25, -0.2) is 4.98 Å². The fourth-order valence-corrected chi connectivity index (χ4v) is 2.33. The van der Waals surface area contributed by atoms with Gasteiger partial charge in [0.1, 0.15) is 0 Å². The van der Waals surface area contributed by atoms with Crippen molar-refractivity contribution >= 4 is 10.9 Å². The molecule has 0 bridgehead atoms. The van der Waals surface area contributed by atoms with Gasteiger partial charge in [0.05, 0.1) is 17.8 Å². The number of rotatable bonds is 2. The summed E-state index contributed by atoms with van der Waals surface area (Å²) in [6.45, 7) is 2.16. The van der Waals surface area contributed by atoms with Crippen LogP contribution in [0.5, 0.6) is 0 Å². The minimum Gasteiger partial charge on any atom is -0.392 e. The first-order chi connectivity index (χ1) is 9.28. The highest BCUT2D eigenvalue weighted by molar-refractivity contribution is 5.84. The predicted octanol–water partition coefficient (Wildman–Crippen LogP) is 3.70. The van der Waals surface area contributed by atoms with Gasteiger partial charge in [-0.05, 0) is 36.2 Å². The van der Waals surface area contributed by atoms with Gasteiger partial charge in [-0.2, -0.15) is 0 Å². The average molecular weight is 249 g/mol. The van der Waals surface area contributed by atoms with Crippen molar-refractivity contribution in [2.24, 2.45) is 0 Å². The Kier molecular flexibility index (Phi) is 3.02. The van der Waals surface area contributed by atoms with Crippen molar-refractivity contribution in [2.75, 3.05) is 0 Å². The lowest BCUT2D eigenvalue weighted by molar-refractivity contribution is 0.282. The van der Waals surface area contributed by atoms with Crippen LogP contribution in [0.3, 0.4) is 0 Å². The zero-order chi connectivity index (χ0) is 13.2. The zero-order valence-electron chi connectivity index (χ0n) is 10.8. The van der Waals surface area contributed by atoms with Gasteiger partial charge in [0.25, 0.3) is 0 Å². The number of hydrogen-bond acceptors (Lipinski definition) is 2. The highest BCUT2D eigenvalue weighted by Gasteiger charge is 2.05. The van der Waals surface area contributed by atoms with Crippen LogP contribution in [0.1, 0.15) is 11.1 Å². The number of para-hydroxylation sites is 1. The Balaban J connectivity index is 2.19. The van der Waals surface area contributed by atoms with E-state index < -0.39 is 0 Å². The maximum Gasteiger partial charge on any atom is 0.0712 e. The van der Waals surface area contributed by atoms with Crippen LogP contribution in [0.4, 0.5) is 0 Å². The van der Waals surface area contributed by atoms with E-state index in [1.54, 1.807) is 0 Å². The number of aryl methyl sites for hydroxylation is 1. The molecule has 0 aliphatic heterocycles. The van der Waals surface area contributed by atoms with E-state index >= 15 is 0 Å². The van der Waals surface area contributed by atoms with Crippen LogP contribution in [0.25, 0.3) is 22.2 Å². The monoisotopic (exact) mass is 249 g/mol. The Labute approximate surface area is 112 Å². The van der Waals surface area contributed by atoms with E-state index in [-0.39, 0.29) is 6.61 Å². The topological polar surface area (TPSA) is 33.1 Å². The molecule has 0 saturated heterocycles. The molecule has 0 atom stereocenters. The largest absolute Gasteiger partial charge is 0.392 e. The summed E-state index contributed by atoms with van der Waals surface area (Å²) in [5.74, 6) is 0. The summed E-state index contributed by atoms with van der Waals surface area (Å²) in [6.07, 6.45) is 0. The van der Waals surface area contributed by atoms with Crippen LogP contribution in [0.2, 0.25) is 0 Å². The molecule has 2 nitrogen and oxygen atoms in total. The molecule has 1 N–H and O–H groups in total. The Morgan fingerprint density at radius 2 is 1.84 bits per heavy atom. The number of benzene rings is 2. The molecule has 0 aliphatic carbocycles. The normalized spacial score (nSPS) is 10.8. The van der Waals surface area contributed by atoms with Gasteiger partial charge in [0, 0.05) is 10.9 Å².